The highest BCUT2D eigenvalue weighted by Crippen LogP contribution is 2.18. The molecule has 17 heavy (non-hydrogen) atoms. The zero-order valence-corrected chi connectivity index (χ0v) is 10.9. The van der Waals surface area contributed by atoms with Gasteiger partial charge in [-0.2, -0.15) is 0 Å². The number of benzene rings is 1. The van der Waals surface area contributed by atoms with Crippen molar-refractivity contribution in [3.05, 3.63) is 36.4 Å². The van der Waals surface area contributed by atoms with E-state index in [9.17, 15) is 0 Å². The molecule has 0 aliphatic heterocycles. The summed E-state index contributed by atoms with van der Waals surface area (Å²) in [6.45, 7) is 10.1. The van der Waals surface area contributed by atoms with Crippen molar-refractivity contribution >= 4 is 5.57 Å². The van der Waals surface area contributed by atoms with E-state index in [0.29, 0.717) is 13.2 Å². The Morgan fingerprint density at radius 3 is 2.76 bits per heavy atom. The van der Waals surface area contributed by atoms with E-state index < -0.39 is 0 Å². The zero-order chi connectivity index (χ0) is 12.5. The van der Waals surface area contributed by atoms with Crippen LogP contribution in [0.25, 0.3) is 5.57 Å². The van der Waals surface area contributed by atoms with Crippen LogP contribution in [-0.4, -0.2) is 19.8 Å². The van der Waals surface area contributed by atoms with E-state index in [4.69, 9.17) is 9.47 Å². The van der Waals surface area contributed by atoms with Crippen LogP contribution >= 0.6 is 0 Å². The Bertz CT molecular complexity index is 345. The Morgan fingerprint density at radius 1 is 1.24 bits per heavy atom. The Kier molecular flexibility index (Phi) is 6.41. The van der Waals surface area contributed by atoms with Crippen LogP contribution in [0, 0.1) is 0 Å². The summed E-state index contributed by atoms with van der Waals surface area (Å²) in [6.07, 6.45) is 2.28. The monoisotopic (exact) mass is 234 g/mol. The first-order valence-electron chi connectivity index (χ1n) is 6.20. The lowest BCUT2D eigenvalue weighted by Gasteiger charge is -2.08. The SMILES string of the molecule is C=C(C)c1cccc(OCCOCCCC)c1. The Balaban J connectivity index is 2.27. The van der Waals surface area contributed by atoms with Gasteiger partial charge in [-0.05, 0) is 31.0 Å². The van der Waals surface area contributed by atoms with Gasteiger partial charge < -0.3 is 9.47 Å². The number of unbranched alkanes of at least 4 members (excludes halogenated alkanes) is 1. The van der Waals surface area contributed by atoms with Gasteiger partial charge in [0.15, 0.2) is 0 Å². The van der Waals surface area contributed by atoms with Crippen molar-refractivity contribution in [1.29, 1.82) is 0 Å². The minimum absolute atomic E-state index is 0.601. The van der Waals surface area contributed by atoms with Crippen LogP contribution in [0.5, 0.6) is 5.75 Å². The normalized spacial score (nSPS) is 10.2. The molecule has 1 aromatic carbocycles. The molecule has 0 spiro atoms. The van der Waals surface area contributed by atoms with Gasteiger partial charge in [-0.25, -0.2) is 0 Å². The number of hydrogen-bond donors (Lipinski definition) is 0. The lowest BCUT2D eigenvalue weighted by atomic mass is 10.1. The second-order valence-corrected chi connectivity index (χ2v) is 4.12. The van der Waals surface area contributed by atoms with Crippen LogP contribution in [0.2, 0.25) is 0 Å². The highest BCUT2D eigenvalue weighted by molar-refractivity contribution is 5.62. The molecule has 0 saturated heterocycles. The largest absolute Gasteiger partial charge is 0.491 e. The molecule has 0 N–H and O–H groups in total. The summed E-state index contributed by atoms with van der Waals surface area (Å²) in [7, 11) is 0. The third-order valence-corrected chi connectivity index (χ3v) is 2.47. The first-order chi connectivity index (χ1) is 8.24. The molecule has 0 saturated carbocycles. The average molecular weight is 234 g/mol. The molecule has 1 rings (SSSR count). The van der Waals surface area contributed by atoms with Gasteiger partial charge in [-0.15, -0.1) is 0 Å². The fraction of sp³-hybridized carbons (Fsp3) is 0.467. The summed E-state index contributed by atoms with van der Waals surface area (Å²) in [6, 6.07) is 7.98. The van der Waals surface area contributed by atoms with Gasteiger partial charge in [0.2, 0.25) is 0 Å². The number of rotatable bonds is 8. The molecule has 0 aliphatic rings. The molecule has 0 aliphatic carbocycles. The fourth-order valence-electron chi connectivity index (χ4n) is 1.42. The number of hydrogen-bond acceptors (Lipinski definition) is 2. The summed E-state index contributed by atoms with van der Waals surface area (Å²) in [5.41, 5.74) is 2.17. The molecule has 0 heterocycles. The van der Waals surface area contributed by atoms with Gasteiger partial charge in [-0.1, -0.05) is 37.6 Å². The van der Waals surface area contributed by atoms with Crippen LogP contribution < -0.4 is 4.74 Å². The first-order valence-corrected chi connectivity index (χ1v) is 6.20. The molecule has 0 unspecified atom stereocenters. The maximum atomic E-state index is 5.61. The molecule has 2 nitrogen and oxygen atoms in total. The second kappa shape index (κ2) is 7.91. The Labute approximate surface area is 104 Å². The minimum atomic E-state index is 0.601. The molecule has 94 valence electrons. The molecule has 2 heteroatoms. The highest BCUT2D eigenvalue weighted by atomic mass is 16.5. The molecule has 0 fully saturated rings. The van der Waals surface area contributed by atoms with E-state index in [1.807, 2.05) is 31.2 Å². The van der Waals surface area contributed by atoms with Gasteiger partial charge >= 0.3 is 0 Å². The average Bonchev–Trinajstić information content (AvgIpc) is 2.34. The van der Waals surface area contributed by atoms with Crippen molar-refractivity contribution in [1.82, 2.24) is 0 Å². The topological polar surface area (TPSA) is 18.5 Å². The Hall–Kier alpha value is -1.28. The standard InChI is InChI=1S/C15H22O2/c1-4-5-9-16-10-11-17-15-8-6-7-14(12-15)13(2)3/h6-8,12H,2,4-5,9-11H2,1,3H3. The van der Waals surface area contributed by atoms with Crippen LogP contribution in [0.1, 0.15) is 32.3 Å². The summed E-state index contributed by atoms with van der Waals surface area (Å²) in [5.74, 6) is 0.879. The summed E-state index contributed by atoms with van der Waals surface area (Å²) in [4.78, 5) is 0. The van der Waals surface area contributed by atoms with Crippen molar-refractivity contribution in [2.24, 2.45) is 0 Å². The smallest absolute Gasteiger partial charge is 0.120 e. The lowest BCUT2D eigenvalue weighted by molar-refractivity contribution is 0.0980. The lowest BCUT2D eigenvalue weighted by Crippen LogP contribution is -2.07. The second-order valence-electron chi connectivity index (χ2n) is 4.12. The van der Waals surface area contributed by atoms with E-state index in [1.165, 1.54) is 6.42 Å². The van der Waals surface area contributed by atoms with E-state index in [-0.39, 0.29) is 0 Å². The van der Waals surface area contributed by atoms with Gasteiger partial charge in [0.05, 0.1) is 6.61 Å². The number of ether oxygens (including phenoxy) is 2. The third kappa shape index (κ3) is 5.55. The first kappa shape index (κ1) is 13.8. The van der Waals surface area contributed by atoms with Crippen LogP contribution in [-0.2, 0) is 4.74 Å². The van der Waals surface area contributed by atoms with Gasteiger partial charge in [0, 0.05) is 6.61 Å². The quantitative estimate of drug-likeness (QED) is 0.635. The summed E-state index contributed by atoms with van der Waals surface area (Å²) < 4.78 is 11.0. The van der Waals surface area contributed by atoms with Crippen molar-refractivity contribution < 1.29 is 9.47 Å². The van der Waals surface area contributed by atoms with Crippen molar-refractivity contribution in [2.45, 2.75) is 26.7 Å². The van der Waals surface area contributed by atoms with Crippen LogP contribution in [0.4, 0.5) is 0 Å². The minimum Gasteiger partial charge on any atom is -0.491 e. The van der Waals surface area contributed by atoms with Gasteiger partial charge in [0.25, 0.3) is 0 Å². The fourth-order valence-corrected chi connectivity index (χ4v) is 1.42. The molecule has 0 radical (unpaired) electrons. The van der Waals surface area contributed by atoms with Crippen molar-refractivity contribution in [3.63, 3.8) is 0 Å². The van der Waals surface area contributed by atoms with E-state index in [0.717, 1.165) is 29.9 Å². The molecule has 0 atom stereocenters. The predicted molar refractivity (Wildman–Crippen MR) is 72.4 cm³/mol. The molecule has 0 aromatic heterocycles. The van der Waals surface area contributed by atoms with E-state index in [1.54, 1.807) is 0 Å². The zero-order valence-electron chi connectivity index (χ0n) is 10.9. The van der Waals surface area contributed by atoms with Gasteiger partial charge in [0.1, 0.15) is 12.4 Å². The van der Waals surface area contributed by atoms with Crippen LogP contribution in [0.15, 0.2) is 30.8 Å². The van der Waals surface area contributed by atoms with Crippen molar-refractivity contribution in [2.75, 3.05) is 19.8 Å². The Morgan fingerprint density at radius 2 is 2.06 bits per heavy atom. The maximum Gasteiger partial charge on any atom is 0.120 e. The molecular weight excluding hydrogens is 212 g/mol. The van der Waals surface area contributed by atoms with Gasteiger partial charge in [-0.3, -0.25) is 0 Å². The van der Waals surface area contributed by atoms with Crippen LogP contribution in [0.3, 0.4) is 0 Å². The third-order valence-electron chi connectivity index (χ3n) is 2.47. The summed E-state index contributed by atoms with van der Waals surface area (Å²) in [5, 5.41) is 0. The summed E-state index contributed by atoms with van der Waals surface area (Å²) >= 11 is 0. The predicted octanol–water partition coefficient (Wildman–Crippen LogP) is 3.92. The molecular formula is C15H22O2. The molecule has 0 amide bonds. The number of allylic oxidation sites excluding steroid dienone is 1. The highest BCUT2D eigenvalue weighted by Gasteiger charge is 1.97. The van der Waals surface area contributed by atoms with E-state index in [2.05, 4.69) is 13.5 Å². The van der Waals surface area contributed by atoms with Crippen molar-refractivity contribution in [3.8, 4) is 5.75 Å². The maximum absolute atomic E-state index is 5.61. The molecule has 1 aromatic rings. The van der Waals surface area contributed by atoms with E-state index >= 15 is 0 Å². The molecule has 0 bridgehead atoms.